The molecule has 80 heavy (non-hydrogen) atoms. The number of carbonyl (C=O) groups excluding carboxylic acids is 2. The summed E-state index contributed by atoms with van der Waals surface area (Å²) in [6.07, 6.45) is -17.2. The van der Waals surface area contributed by atoms with Gasteiger partial charge in [-0.05, 0) is 153 Å². The summed E-state index contributed by atoms with van der Waals surface area (Å²) in [6.45, 7) is 5.47. The Hall–Kier alpha value is -5.58. The molecule has 434 valence electrons. The molecule has 2 amide bonds. The van der Waals surface area contributed by atoms with Crippen molar-refractivity contribution >= 4 is 11.8 Å². The zero-order valence-electron chi connectivity index (χ0n) is 43.3. The highest BCUT2D eigenvalue weighted by atomic mass is 19.4. The second kappa shape index (κ2) is 23.3. The fourth-order valence-corrected chi connectivity index (χ4v) is 12.6. The summed E-state index contributed by atoms with van der Waals surface area (Å²) in [6, 6.07) is 13.7. The van der Waals surface area contributed by atoms with E-state index >= 15 is 0 Å². The third-order valence-electron chi connectivity index (χ3n) is 16.6. The monoisotopic (exact) mass is 1140 g/mol. The number of fused-ring (bicyclic) bond motifs is 2. The molecule has 5 unspecified atom stereocenters. The number of benzene rings is 4. The molecule has 6 aliphatic heterocycles. The highest BCUT2D eigenvalue weighted by Gasteiger charge is 2.52. The molecule has 6 aliphatic rings. The van der Waals surface area contributed by atoms with E-state index in [1.165, 1.54) is 38.1 Å². The lowest BCUT2D eigenvalue weighted by Crippen LogP contribution is -2.46. The first-order valence-corrected chi connectivity index (χ1v) is 26.5. The zero-order valence-corrected chi connectivity index (χ0v) is 43.3. The molecule has 4 aromatic rings. The second-order valence-corrected chi connectivity index (χ2v) is 21.6. The number of amides is 2. The summed E-state index contributed by atoms with van der Waals surface area (Å²) in [7, 11) is 0. The van der Waals surface area contributed by atoms with Crippen molar-refractivity contribution in [2.24, 2.45) is 17.8 Å². The topological polar surface area (TPSA) is 77.5 Å². The van der Waals surface area contributed by atoms with E-state index in [0.717, 1.165) is 31.3 Å². The summed E-state index contributed by atoms with van der Waals surface area (Å²) in [4.78, 5) is 29.9. The van der Waals surface area contributed by atoms with Gasteiger partial charge in [-0.1, -0.05) is 29.8 Å². The molecule has 10 rings (SSSR count). The number of hydrogen-bond donors (Lipinski definition) is 0. The van der Waals surface area contributed by atoms with Gasteiger partial charge in [-0.2, -0.15) is 52.7 Å². The quantitative estimate of drug-likeness (QED) is 0.147. The maximum Gasteiger partial charge on any atom is 0.416 e. The van der Waals surface area contributed by atoms with Gasteiger partial charge in [0.05, 0.1) is 46.7 Å². The molecule has 0 aliphatic carbocycles. The predicted molar refractivity (Wildman–Crippen MR) is 261 cm³/mol. The SMILES string of the molecule is C[C@@H](OC1CN2C(=O)C=C(C3CCOCC3)CC2[C@@H]1c1ccc(F)cc1)c1cc(C(F)(F)F)cc(C(F)(F)F)c1.C[C@@H](OC1CN2C(=O)CC(C3CCOCC3)CC2[C@@H]1c1ccc(F)cc1)c1cc(C(F)(F)F)cc(C(F)(F)F)c1. The number of carbonyl (C=O) groups is 2. The minimum absolute atomic E-state index is 0.0583. The van der Waals surface area contributed by atoms with Crippen molar-refractivity contribution in [3.63, 3.8) is 0 Å². The van der Waals surface area contributed by atoms with Crippen LogP contribution in [0.15, 0.2) is 96.6 Å². The van der Waals surface area contributed by atoms with Crippen LogP contribution in [-0.4, -0.2) is 85.4 Å². The van der Waals surface area contributed by atoms with Gasteiger partial charge in [0.25, 0.3) is 0 Å². The summed E-state index contributed by atoms with van der Waals surface area (Å²) < 4.78 is 212. The van der Waals surface area contributed by atoms with Gasteiger partial charge < -0.3 is 28.7 Å². The second-order valence-electron chi connectivity index (χ2n) is 21.6. The van der Waals surface area contributed by atoms with Crippen molar-refractivity contribution in [3.8, 4) is 0 Å². The molecule has 0 bridgehead atoms. The standard InChI is InChI=1S/C29H30F7NO3.C29H28F7NO3/c2*1-16(19-10-21(28(31,32)33)14-22(11-19)29(34,35)36)40-25-15-37-24(27(25)18-2-4-23(30)5-3-18)12-20(13-26(37)38)17-6-8-39-9-7-17/h2-5,10-11,14,16-17,20,24-25,27H,6-9,12-13,15H2,1H3;2-5,10-11,13-14,16-17,24-25,27H,6-9,12,15H2,1H3/t16-,20?,24?,25?,27+;16-,24?,25?,27+/m11/s1. The summed E-state index contributed by atoms with van der Waals surface area (Å²) >= 11 is 0. The summed E-state index contributed by atoms with van der Waals surface area (Å²) in [5.41, 5.74) is -3.86. The van der Waals surface area contributed by atoms with E-state index in [1.807, 2.05) is 0 Å². The number of halogens is 14. The first-order chi connectivity index (χ1) is 37.6. The van der Waals surface area contributed by atoms with Gasteiger partial charge in [0, 0.05) is 75.9 Å². The number of hydrogen-bond acceptors (Lipinski definition) is 6. The van der Waals surface area contributed by atoms with Crippen LogP contribution in [0, 0.1) is 29.4 Å². The zero-order chi connectivity index (χ0) is 57.6. The van der Waals surface area contributed by atoms with Gasteiger partial charge in [-0.25, -0.2) is 8.78 Å². The van der Waals surface area contributed by atoms with Gasteiger partial charge in [0.1, 0.15) is 11.6 Å². The van der Waals surface area contributed by atoms with E-state index in [4.69, 9.17) is 18.9 Å². The Labute approximate surface area is 452 Å². The van der Waals surface area contributed by atoms with E-state index < -0.39 is 94.8 Å². The van der Waals surface area contributed by atoms with Crippen molar-refractivity contribution in [1.29, 1.82) is 0 Å². The third-order valence-corrected chi connectivity index (χ3v) is 16.6. The normalized spacial score (nSPS) is 26.1. The highest BCUT2D eigenvalue weighted by Crippen LogP contribution is 2.49. The van der Waals surface area contributed by atoms with Gasteiger partial charge >= 0.3 is 24.7 Å². The average molecular weight is 1150 g/mol. The van der Waals surface area contributed by atoms with E-state index in [2.05, 4.69) is 0 Å². The van der Waals surface area contributed by atoms with Gasteiger partial charge in [0.15, 0.2) is 0 Å². The molecular formula is C58H58F14N2O6. The average Bonchev–Trinajstić information content (AvgIpc) is 4.14. The Balaban J connectivity index is 0.000000194. The molecule has 0 spiro atoms. The third kappa shape index (κ3) is 13.3. The lowest BCUT2D eigenvalue weighted by molar-refractivity contribution is -0.145. The van der Waals surface area contributed by atoms with Crippen molar-refractivity contribution < 1.29 is 90.0 Å². The Kier molecular flexibility index (Phi) is 17.2. The summed E-state index contributed by atoms with van der Waals surface area (Å²) in [5.74, 6) is -1.47. The van der Waals surface area contributed by atoms with Crippen LogP contribution in [0.1, 0.15) is 127 Å². The van der Waals surface area contributed by atoms with Crippen molar-refractivity contribution in [2.75, 3.05) is 39.5 Å². The molecular weight excluding hydrogens is 1090 g/mol. The van der Waals surface area contributed by atoms with Crippen molar-refractivity contribution in [3.05, 3.63) is 153 Å². The molecule has 22 heteroatoms. The van der Waals surface area contributed by atoms with Crippen LogP contribution in [0.3, 0.4) is 0 Å². The number of piperidine rings is 1. The first kappa shape index (κ1) is 59.1. The molecule has 9 atom stereocenters. The Morgan fingerprint density at radius 2 is 0.912 bits per heavy atom. The molecule has 0 N–H and O–H groups in total. The Morgan fingerprint density at radius 3 is 1.34 bits per heavy atom. The van der Waals surface area contributed by atoms with Crippen LogP contribution in [0.5, 0.6) is 0 Å². The van der Waals surface area contributed by atoms with E-state index in [-0.39, 0.29) is 72.1 Å². The molecule has 0 radical (unpaired) electrons. The highest BCUT2D eigenvalue weighted by molar-refractivity contribution is 5.90. The lowest BCUT2D eigenvalue weighted by atomic mass is 9.74. The molecule has 6 heterocycles. The van der Waals surface area contributed by atoms with Crippen LogP contribution in [-0.2, 0) is 53.2 Å². The maximum atomic E-state index is 13.8. The van der Waals surface area contributed by atoms with Crippen molar-refractivity contribution in [1.82, 2.24) is 9.80 Å². The molecule has 5 saturated heterocycles. The smallest absolute Gasteiger partial charge is 0.381 e. The van der Waals surface area contributed by atoms with Crippen LogP contribution in [0.25, 0.3) is 0 Å². The lowest BCUT2D eigenvalue weighted by Gasteiger charge is -2.41. The number of alkyl halides is 12. The molecule has 0 aromatic heterocycles. The van der Waals surface area contributed by atoms with Crippen LogP contribution in [0.2, 0.25) is 0 Å². The Morgan fingerprint density at radius 1 is 0.512 bits per heavy atom. The van der Waals surface area contributed by atoms with Gasteiger partial charge in [-0.15, -0.1) is 0 Å². The van der Waals surface area contributed by atoms with Crippen LogP contribution < -0.4 is 0 Å². The van der Waals surface area contributed by atoms with Crippen LogP contribution in [0.4, 0.5) is 61.5 Å². The van der Waals surface area contributed by atoms with Crippen molar-refractivity contribution in [2.45, 2.75) is 132 Å². The van der Waals surface area contributed by atoms with E-state index in [0.29, 0.717) is 87.0 Å². The minimum Gasteiger partial charge on any atom is -0.381 e. The van der Waals surface area contributed by atoms with Gasteiger partial charge in [0.2, 0.25) is 11.8 Å². The number of nitrogens with zero attached hydrogens (tertiary/aromatic N) is 2. The van der Waals surface area contributed by atoms with Crippen LogP contribution >= 0.6 is 0 Å². The molecule has 5 fully saturated rings. The fourth-order valence-electron chi connectivity index (χ4n) is 12.6. The molecule has 0 saturated carbocycles. The first-order valence-electron chi connectivity index (χ1n) is 26.5. The minimum atomic E-state index is -4.99. The maximum absolute atomic E-state index is 13.8. The summed E-state index contributed by atoms with van der Waals surface area (Å²) in [5, 5.41) is 0. The fraction of sp³-hybridized carbons (Fsp3) is 0.517. The molecule has 4 aromatic carbocycles. The number of rotatable bonds is 10. The largest absolute Gasteiger partial charge is 0.416 e. The molecule has 8 nitrogen and oxygen atoms in total. The van der Waals surface area contributed by atoms with E-state index in [1.54, 1.807) is 40.1 Å². The van der Waals surface area contributed by atoms with Gasteiger partial charge in [-0.3, -0.25) is 9.59 Å². The number of ether oxygens (including phenoxy) is 4. The Bertz CT molecular complexity index is 2710. The predicted octanol–water partition coefficient (Wildman–Crippen LogP) is 14.2. The van der Waals surface area contributed by atoms with E-state index in [9.17, 15) is 71.1 Å².